The molecule has 0 unspecified atom stereocenters. The van der Waals surface area contributed by atoms with Crippen molar-refractivity contribution >= 4 is 23.3 Å². The smallest absolute Gasteiger partial charge is 0.293 e. The lowest BCUT2D eigenvalue weighted by molar-refractivity contribution is -0.117. The number of carbonyl (C=O) groups excluding carboxylic acids is 2. The van der Waals surface area contributed by atoms with Crippen LogP contribution in [0.3, 0.4) is 0 Å². The third-order valence-corrected chi connectivity index (χ3v) is 5.31. The summed E-state index contributed by atoms with van der Waals surface area (Å²) in [4.78, 5) is 36.6. The van der Waals surface area contributed by atoms with Gasteiger partial charge in [0.2, 0.25) is 11.7 Å². The van der Waals surface area contributed by atoms with Crippen molar-refractivity contribution in [2.45, 2.75) is 32.7 Å². The molecule has 28 heavy (non-hydrogen) atoms. The Morgan fingerprint density at radius 2 is 2.04 bits per heavy atom. The minimum atomic E-state index is -0.207. The highest BCUT2D eigenvalue weighted by Crippen LogP contribution is 2.26. The molecule has 0 saturated carbocycles. The van der Waals surface area contributed by atoms with E-state index < -0.39 is 0 Å². The first-order valence-corrected chi connectivity index (χ1v) is 9.34. The fourth-order valence-electron chi connectivity index (χ4n) is 3.78. The van der Waals surface area contributed by atoms with E-state index in [1.165, 1.54) is 0 Å². The number of hydrogen-bond donors (Lipinski definition) is 0. The first kappa shape index (κ1) is 16.8. The number of rotatable bonds is 3. The van der Waals surface area contributed by atoms with Crippen LogP contribution in [0, 0.1) is 13.8 Å². The van der Waals surface area contributed by atoms with E-state index in [0.717, 1.165) is 30.0 Å². The second-order valence-electron chi connectivity index (χ2n) is 7.38. The second-order valence-corrected chi connectivity index (χ2v) is 7.38. The Morgan fingerprint density at radius 1 is 1.21 bits per heavy atom. The van der Waals surface area contributed by atoms with Crippen LogP contribution in [-0.2, 0) is 4.79 Å². The van der Waals surface area contributed by atoms with E-state index >= 15 is 0 Å². The molecule has 0 bridgehead atoms. The van der Waals surface area contributed by atoms with E-state index in [4.69, 9.17) is 0 Å². The Hall–Kier alpha value is -3.30. The number of carbonyl (C=O) groups is 2. The molecule has 0 aliphatic carbocycles. The minimum Gasteiger partial charge on any atom is -0.331 e. The molecule has 144 valence electrons. The Bertz CT molecular complexity index is 1090. The monoisotopic (exact) mass is 380 g/mol. The number of aromatic nitrogens is 6. The molecule has 0 spiro atoms. The number of fused-ring (bicyclic) bond motifs is 1. The van der Waals surface area contributed by atoms with Crippen molar-refractivity contribution in [3.8, 4) is 0 Å². The highest BCUT2D eigenvalue weighted by molar-refractivity contribution is 5.95. The predicted octanol–water partition coefficient (Wildman–Crippen LogP) is 0.762. The van der Waals surface area contributed by atoms with Crippen LogP contribution in [0.4, 0.5) is 5.69 Å². The molecule has 0 radical (unpaired) electrons. The number of likely N-dealkylation sites (tertiary alicyclic amines) is 1. The highest BCUT2D eigenvalue weighted by atomic mass is 16.2. The highest BCUT2D eigenvalue weighted by Gasteiger charge is 2.35. The van der Waals surface area contributed by atoms with Gasteiger partial charge in [-0.25, -0.2) is 9.50 Å². The first-order chi connectivity index (χ1) is 13.5. The molecule has 0 atom stereocenters. The van der Waals surface area contributed by atoms with Gasteiger partial charge in [0.25, 0.3) is 11.7 Å². The zero-order valence-corrected chi connectivity index (χ0v) is 15.7. The summed E-state index contributed by atoms with van der Waals surface area (Å²) in [6, 6.07) is 1.99. The van der Waals surface area contributed by atoms with Crippen LogP contribution >= 0.6 is 0 Å². The van der Waals surface area contributed by atoms with Gasteiger partial charge in [-0.15, -0.1) is 5.10 Å². The van der Waals surface area contributed by atoms with Crippen molar-refractivity contribution in [3.63, 3.8) is 0 Å². The van der Waals surface area contributed by atoms with Crippen LogP contribution < -0.4 is 4.90 Å². The van der Waals surface area contributed by atoms with E-state index in [0.29, 0.717) is 25.3 Å². The van der Waals surface area contributed by atoms with E-state index in [1.54, 1.807) is 20.5 Å². The summed E-state index contributed by atoms with van der Waals surface area (Å²) in [5.74, 6) is 0.524. The van der Waals surface area contributed by atoms with Gasteiger partial charge in [0, 0.05) is 43.6 Å². The van der Waals surface area contributed by atoms with Gasteiger partial charge in [-0.2, -0.15) is 10.1 Å². The number of amides is 2. The Morgan fingerprint density at radius 3 is 2.79 bits per heavy atom. The molecule has 0 aromatic carbocycles. The molecule has 0 N–H and O–H groups in total. The molecule has 10 heteroatoms. The maximum atomic E-state index is 12.7. The average Bonchev–Trinajstić information content (AvgIpc) is 3.32. The predicted molar refractivity (Wildman–Crippen MR) is 99.0 cm³/mol. The lowest BCUT2D eigenvalue weighted by atomic mass is 10.1. The molecule has 2 aliphatic rings. The lowest BCUT2D eigenvalue weighted by Crippen LogP contribution is -2.51. The summed E-state index contributed by atoms with van der Waals surface area (Å²) >= 11 is 0. The van der Waals surface area contributed by atoms with E-state index in [1.807, 2.05) is 30.8 Å². The maximum Gasteiger partial charge on any atom is 0.293 e. The molecule has 2 saturated heterocycles. The Kier molecular flexibility index (Phi) is 3.68. The molecule has 5 rings (SSSR count). The zero-order chi connectivity index (χ0) is 19.4. The molecule has 10 nitrogen and oxygen atoms in total. The largest absolute Gasteiger partial charge is 0.331 e. The van der Waals surface area contributed by atoms with Crippen molar-refractivity contribution in [1.82, 2.24) is 34.3 Å². The van der Waals surface area contributed by atoms with Crippen molar-refractivity contribution < 1.29 is 9.59 Å². The standard InChI is InChI=1S/C18H20N8O2/c1-11-6-12(2)26-18(20-11)21-16(22-26)17(28)23-8-14(9-23)25-10-13(7-19-25)24-5-3-4-15(24)27/h6-7,10,14H,3-5,8-9H2,1-2H3. The third-order valence-electron chi connectivity index (χ3n) is 5.31. The van der Waals surface area contributed by atoms with Crippen molar-refractivity contribution in [1.29, 1.82) is 0 Å². The van der Waals surface area contributed by atoms with E-state index in [9.17, 15) is 9.59 Å². The van der Waals surface area contributed by atoms with E-state index in [-0.39, 0.29) is 23.7 Å². The first-order valence-electron chi connectivity index (χ1n) is 9.34. The molecule has 5 heterocycles. The number of nitrogens with zero attached hydrogens (tertiary/aromatic N) is 8. The summed E-state index contributed by atoms with van der Waals surface area (Å²) in [6.07, 6.45) is 5.08. The zero-order valence-electron chi connectivity index (χ0n) is 15.7. The lowest BCUT2D eigenvalue weighted by Gasteiger charge is -2.38. The SMILES string of the molecule is Cc1cc(C)n2nc(C(=O)N3CC(n4cc(N5CCCC5=O)cn4)C3)nc2n1. The average molecular weight is 380 g/mol. The second kappa shape index (κ2) is 6.11. The van der Waals surface area contributed by atoms with Gasteiger partial charge < -0.3 is 9.80 Å². The van der Waals surface area contributed by atoms with Crippen LogP contribution in [0.5, 0.6) is 0 Å². The van der Waals surface area contributed by atoms with Gasteiger partial charge in [0.1, 0.15) is 0 Å². The van der Waals surface area contributed by atoms with Gasteiger partial charge in [0.05, 0.1) is 17.9 Å². The van der Waals surface area contributed by atoms with Crippen LogP contribution in [-0.4, -0.2) is 65.7 Å². The van der Waals surface area contributed by atoms with Crippen molar-refractivity contribution in [3.05, 3.63) is 35.7 Å². The summed E-state index contributed by atoms with van der Waals surface area (Å²) < 4.78 is 3.42. The van der Waals surface area contributed by atoms with Crippen LogP contribution in [0.15, 0.2) is 18.5 Å². The molecular weight excluding hydrogens is 360 g/mol. The Labute approximate surface area is 160 Å². The minimum absolute atomic E-state index is 0.0922. The van der Waals surface area contributed by atoms with Crippen LogP contribution in [0.2, 0.25) is 0 Å². The molecule has 2 aliphatic heterocycles. The van der Waals surface area contributed by atoms with Gasteiger partial charge in [-0.3, -0.25) is 14.3 Å². The fourth-order valence-corrected chi connectivity index (χ4v) is 3.78. The fraction of sp³-hybridized carbons (Fsp3) is 0.444. The Balaban J connectivity index is 1.28. The maximum absolute atomic E-state index is 12.7. The molecule has 2 amide bonds. The summed E-state index contributed by atoms with van der Waals surface area (Å²) in [7, 11) is 0. The summed E-state index contributed by atoms with van der Waals surface area (Å²) in [5, 5.41) is 8.68. The normalized spacial score (nSPS) is 17.6. The van der Waals surface area contributed by atoms with Gasteiger partial charge >= 0.3 is 0 Å². The van der Waals surface area contributed by atoms with Crippen molar-refractivity contribution in [2.75, 3.05) is 24.5 Å². The van der Waals surface area contributed by atoms with Crippen molar-refractivity contribution in [2.24, 2.45) is 0 Å². The van der Waals surface area contributed by atoms with Gasteiger partial charge in [0.15, 0.2) is 0 Å². The molecule has 3 aromatic rings. The molecule has 3 aromatic heterocycles. The topological polar surface area (TPSA) is 102 Å². The number of aryl methyl sites for hydroxylation is 2. The number of hydrogen-bond acceptors (Lipinski definition) is 6. The third kappa shape index (κ3) is 2.63. The quantitative estimate of drug-likeness (QED) is 0.665. The number of anilines is 1. The molecular formula is C18H20N8O2. The summed E-state index contributed by atoms with van der Waals surface area (Å²) in [5.41, 5.74) is 2.55. The van der Waals surface area contributed by atoms with Gasteiger partial charge in [-0.1, -0.05) is 0 Å². The van der Waals surface area contributed by atoms with Gasteiger partial charge in [-0.05, 0) is 26.3 Å². The van der Waals surface area contributed by atoms with Crippen LogP contribution in [0.25, 0.3) is 5.78 Å². The molecule has 2 fully saturated rings. The van der Waals surface area contributed by atoms with E-state index in [2.05, 4.69) is 20.2 Å². The summed E-state index contributed by atoms with van der Waals surface area (Å²) in [6.45, 7) is 5.61. The van der Waals surface area contributed by atoms with Crippen LogP contribution in [0.1, 0.15) is 40.9 Å².